The number of carbonyl (C=O) groups is 1. The van der Waals surface area contributed by atoms with Crippen molar-refractivity contribution >= 4 is 17.5 Å². The highest BCUT2D eigenvalue weighted by atomic mass is 16.5. The van der Waals surface area contributed by atoms with Crippen LogP contribution in [0.1, 0.15) is 46.8 Å². The number of amides is 1. The van der Waals surface area contributed by atoms with E-state index in [-0.39, 0.29) is 5.91 Å². The summed E-state index contributed by atoms with van der Waals surface area (Å²) in [5.74, 6) is 1.88. The average Bonchev–Trinajstić information content (AvgIpc) is 2.86. The lowest BCUT2D eigenvalue weighted by Gasteiger charge is -2.14. The highest BCUT2D eigenvalue weighted by Gasteiger charge is 2.16. The molecular formula is C27H28N6O2. The Hall–Kier alpha value is -4.33. The summed E-state index contributed by atoms with van der Waals surface area (Å²) in [5.41, 5.74) is 4.93. The summed E-state index contributed by atoms with van der Waals surface area (Å²) < 4.78 is 6.17. The number of hydrogen-bond acceptors (Lipinski definition) is 7. The molecule has 2 heterocycles. The highest BCUT2D eigenvalue weighted by molar-refractivity contribution is 6.05. The van der Waals surface area contributed by atoms with Gasteiger partial charge in [0.2, 0.25) is 11.8 Å². The number of benzene rings is 2. The fourth-order valence-electron chi connectivity index (χ4n) is 3.47. The van der Waals surface area contributed by atoms with E-state index >= 15 is 0 Å². The van der Waals surface area contributed by atoms with Crippen molar-refractivity contribution < 1.29 is 9.53 Å². The zero-order valence-electron chi connectivity index (χ0n) is 20.5. The van der Waals surface area contributed by atoms with Gasteiger partial charge in [-0.1, -0.05) is 32.0 Å². The molecule has 2 aromatic heterocycles. The van der Waals surface area contributed by atoms with Crippen molar-refractivity contribution in [3.05, 3.63) is 83.3 Å². The molecule has 35 heavy (non-hydrogen) atoms. The van der Waals surface area contributed by atoms with Crippen LogP contribution >= 0.6 is 0 Å². The minimum atomic E-state index is -0.212. The quantitative estimate of drug-likeness (QED) is 0.355. The molecule has 4 rings (SSSR count). The van der Waals surface area contributed by atoms with Crippen molar-refractivity contribution in [3.63, 3.8) is 0 Å². The Morgan fingerprint density at radius 2 is 1.77 bits per heavy atom. The molecule has 0 aliphatic rings. The second kappa shape index (κ2) is 10.3. The summed E-state index contributed by atoms with van der Waals surface area (Å²) in [6, 6.07) is 15.1. The second-order valence-electron chi connectivity index (χ2n) is 8.50. The summed E-state index contributed by atoms with van der Waals surface area (Å²) in [6.07, 6.45) is 3.06. The van der Waals surface area contributed by atoms with E-state index in [0.29, 0.717) is 40.4 Å². The summed E-state index contributed by atoms with van der Waals surface area (Å²) in [7, 11) is 1.74. The van der Waals surface area contributed by atoms with Crippen molar-refractivity contribution in [2.45, 2.75) is 33.6 Å². The van der Waals surface area contributed by atoms with E-state index in [1.807, 2.05) is 38.1 Å². The largest absolute Gasteiger partial charge is 0.438 e. The van der Waals surface area contributed by atoms with Gasteiger partial charge in [-0.15, -0.1) is 0 Å². The Balaban J connectivity index is 1.62. The summed E-state index contributed by atoms with van der Waals surface area (Å²) in [4.78, 5) is 30.2. The first kappa shape index (κ1) is 23.8. The van der Waals surface area contributed by atoms with Crippen LogP contribution in [-0.4, -0.2) is 32.9 Å². The van der Waals surface area contributed by atoms with E-state index < -0.39 is 0 Å². The van der Waals surface area contributed by atoms with Crippen LogP contribution in [0, 0.1) is 13.8 Å². The van der Waals surface area contributed by atoms with Gasteiger partial charge in [0.15, 0.2) is 5.82 Å². The van der Waals surface area contributed by atoms with Gasteiger partial charge < -0.3 is 15.4 Å². The van der Waals surface area contributed by atoms with Crippen molar-refractivity contribution in [1.82, 2.24) is 19.9 Å². The van der Waals surface area contributed by atoms with Gasteiger partial charge in [-0.25, -0.2) is 15.0 Å². The molecular weight excluding hydrogens is 440 g/mol. The molecule has 0 unspecified atom stereocenters. The fourth-order valence-corrected chi connectivity index (χ4v) is 3.47. The van der Waals surface area contributed by atoms with Gasteiger partial charge >= 0.3 is 0 Å². The van der Waals surface area contributed by atoms with Crippen molar-refractivity contribution in [2.75, 3.05) is 17.7 Å². The van der Waals surface area contributed by atoms with Crippen molar-refractivity contribution in [3.8, 4) is 23.0 Å². The minimum Gasteiger partial charge on any atom is -0.438 e. The summed E-state index contributed by atoms with van der Waals surface area (Å²) in [5, 5.41) is 5.94. The van der Waals surface area contributed by atoms with E-state index in [1.54, 1.807) is 31.4 Å². The SMILES string of the molecule is CNc1ncnc(-c2cccnc2Oc2cc(C(=O)Nc3cc(C(C)C)ccc3C)ccc2C)n1. The van der Waals surface area contributed by atoms with Gasteiger partial charge in [0.1, 0.15) is 12.1 Å². The maximum atomic E-state index is 13.1. The van der Waals surface area contributed by atoms with E-state index in [9.17, 15) is 4.79 Å². The predicted octanol–water partition coefficient (Wildman–Crippen LogP) is 5.76. The lowest BCUT2D eigenvalue weighted by Crippen LogP contribution is -2.13. The first-order valence-corrected chi connectivity index (χ1v) is 11.4. The lowest BCUT2D eigenvalue weighted by atomic mass is 10.0. The van der Waals surface area contributed by atoms with Gasteiger partial charge in [0.25, 0.3) is 5.91 Å². The van der Waals surface area contributed by atoms with Crippen LogP contribution in [0.25, 0.3) is 11.4 Å². The molecule has 0 saturated heterocycles. The van der Waals surface area contributed by atoms with E-state index in [1.165, 1.54) is 11.9 Å². The van der Waals surface area contributed by atoms with Crippen molar-refractivity contribution in [1.29, 1.82) is 0 Å². The van der Waals surface area contributed by atoms with Gasteiger partial charge in [-0.2, -0.15) is 4.98 Å². The predicted molar refractivity (Wildman–Crippen MR) is 137 cm³/mol. The van der Waals surface area contributed by atoms with Crippen LogP contribution in [-0.2, 0) is 0 Å². The number of ether oxygens (including phenoxy) is 1. The number of carbonyl (C=O) groups excluding carboxylic acids is 1. The Morgan fingerprint density at radius 1 is 0.971 bits per heavy atom. The van der Waals surface area contributed by atoms with Crippen LogP contribution in [0.3, 0.4) is 0 Å². The standard InChI is InChI=1S/C27H28N6O2/c1-16(2)19-10-8-17(3)22(13-19)32-25(34)20-11-9-18(4)23(14-20)35-26-21(7-6-12-29-26)24-30-15-31-27(28-5)33-24/h6-16H,1-5H3,(H,32,34)(H,28,30,31,33). The van der Waals surface area contributed by atoms with Gasteiger partial charge in [-0.05, 0) is 66.8 Å². The molecule has 2 aromatic carbocycles. The number of nitrogens with zero attached hydrogens (tertiary/aromatic N) is 4. The maximum absolute atomic E-state index is 13.1. The number of hydrogen-bond donors (Lipinski definition) is 2. The Labute approximate surface area is 204 Å². The molecule has 0 spiro atoms. The Bertz CT molecular complexity index is 1370. The smallest absolute Gasteiger partial charge is 0.255 e. The number of pyridine rings is 1. The fraction of sp³-hybridized carbons (Fsp3) is 0.222. The van der Waals surface area contributed by atoms with Crippen LogP contribution in [0.5, 0.6) is 11.6 Å². The number of anilines is 2. The summed E-state index contributed by atoms with van der Waals surface area (Å²) >= 11 is 0. The van der Waals surface area contributed by atoms with Crippen LogP contribution in [0.15, 0.2) is 61.1 Å². The first-order valence-electron chi connectivity index (χ1n) is 11.4. The Kier molecular flexibility index (Phi) is 7.01. The zero-order chi connectivity index (χ0) is 24.9. The third-order valence-corrected chi connectivity index (χ3v) is 5.64. The van der Waals surface area contributed by atoms with Gasteiger partial charge in [-0.3, -0.25) is 4.79 Å². The number of nitrogens with one attached hydrogen (secondary N) is 2. The van der Waals surface area contributed by atoms with Crippen molar-refractivity contribution in [2.24, 2.45) is 0 Å². The molecule has 8 nitrogen and oxygen atoms in total. The van der Waals surface area contributed by atoms with Gasteiger partial charge in [0, 0.05) is 24.5 Å². The molecule has 0 fully saturated rings. The molecule has 8 heteroatoms. The number of rotatable bonds is 7. The molecule has 2 N–H and O–H groups in total. The summed E-state index contributed by atoms with van der Waals surface area (Å²) in [6.45, 7) is 8.15. The molecule has 0 bridgehead atoms. The molecule has 1 amide bonds. The maximum Gasteiger partial charge on any atom is 0.255 e. The van der Waals surface area contributed by atoms with Crippen LogP contribution in [0.4, 0.5) is 11.6 Å². The zero-order valence-corrected chi connectivity index (χ0v) is 20.5. The molecule has 0 radical (unpaired) electrons. The number of aryl methyl sites for hydroxylation is 2. The highest BCUT2D eigenvalue weighted by Crippen LogP contribution is 2.32. The van der Waals surface area contributed by atoms with Gasteiger partial charge in [0.05, 0.1) is 5.56 Å². The van der Waals surface area contributed by atoms with E-state index in [2.05, 4.69) is 50.5 Å². The lowest BCUT2D eigenvalue weighted by molar-refractivity contribution is 0.102. The molecule has 0 aliphatic carbocycles. The van der Waals surface area contributed by atoms with E-state index in [0.717, 1.165) is 16.8 Å². The van der Waals surface area contributed by atoms with Crippen LogP contribution in [0.2, 0.25) is 0 Å². The Morgan fingerprint density at radius 3 is 2.54 bits per heavy atom. The third-order valence-electron chi connectivity index (χ3n) is 5.64. The first-order chi connectivity index (χ1) is 16.9. The van der Waals surface area contributed by atoms with E-state index in [4.69, 9.17) is 4.74 Å². The molecule has 0 atom stereocenters. The molecule has 4 aromatic rings. The third kappa shape index (κ3) is 5.43. The monoisotopic (exact) mass is 468 g/mol. The number of aromatic nitrogens is 4. The average molecular weight is 469 g/mol. The second-order valence-corrected chi connectivity index (χ2v) is 8.50. The topological polar surface area (TPSA) is 102 Å². The molecule has 178 valence electrons. The molecule has 0 aliphatic heterocycles. The minimum absolute atomic E-state index is 0.212. The molecule has 0 saturated carbocycles. The van der Waals surface area contributed by atoms with Crippen LogP contribution < -0.4 is 15.4 Å². The normalized spacial score (nSPS) is 10.8.